The van der Waals surface area contributed by atoms with Gasteiger partial charge in [0.05, 0.1) is 13.2 Å². The second-order valence-electron chi connectivity index (χ2n) is 2.76. The van der Waals surface area contributed by atoms with E-state index in [1.54, 1.807) is 0 Å². The Morgan fingerprint density at radius 2 is 2.15 bits per heavy atom. The van der Waals surface area contributed by atoms with Gasteiger partial charge < -0.3 is 15.8 Å². The minimum absolute atomic E-state index is 0.501. The Bertz CT molecular complexity index is 137. The van der Waals surface area contributed by atoms with Crippen molar-refractivity contribution < 1.29 is 4.74 Å². The highest BCUT2D eigenvalue weighted by Crippen LogP contribution is 1.87. The van der Waals surface area contributed by atoms with Crippen molar-refractivity contribution in [3.05, 3.63) is 0 Å². The average Bonchev–Trinajstić information content (AvgIpc) is 2.11. The van der Waals surface area contributed by atoms with E-state index in [4.69, 9.17) is 10.5 Å². The van der Waals surface area contributed by atoms with Crippen LogP contribution in [0.2, 0.25) is 0 Å². The molecule has 0 aliphatic heterocycles. The van der Waals surface area contributed by atoms with Gasteiger partial charge in [0.15, 0.2) is 5.96 Å². The number of hydrogen-bond donors (Lipinski definition) is 2. The monoisotopic (exact) mass is 187 g/mol. The second kappa shape index (κ2) is 9.32. The molecule has 0 fully saturated rings. The van der Waals surface area contributed by atoms with Gasteiger partial charge in [0.25, 0.3) is 0 Å². The van der Waals surface area contributed by atoms with E-state index in [0.29, 0.717) is 19.1 Å². The third-order valence-electron chi connectivity index (χ3n) is 1.52. The zero-order valence-electron chi connectivity index (χ0n) is 8.68. The smallest absolute Gasteiger partial charge is 0.188 e. The second-order valence-corrected chi connectivity index (χ2v) is 2.76. The highest BCUT2D eigenvalue weighted by atomic mass is 16.5. The molecule has 0 bridgehead atoms. The molecule has 0 spiro atoms. The average molecular weight is 187 g/mol. The van der Waals surface area contributed by atoms with Crippen LogP contribution in [0.3, 0.4) is 0 Å². The third kappa shape index (κ3) is 9.14. The Morgan fingerprint density at radius 1 is 1.38 bits per heavy atom. The minimum atomic E-state index is 0.501. The van der Waals surface area contributed by atoms with Crippen LogP contribution in [0.1, 0.15) is 26.7 Å². The summed E-state index contributed by atoms with van der Waals surface area (Å²) in [6.45, 7) is 7.07. The predicted molar refractivity (Wildman–Crippen MR) is 55.9 cm³/mol. The van der Waals surface area contributed by atoms with E-state index >= 15 is 0 Å². The van der Waals surface area contributed by atoms with Crippen LogP contribution in [0.15, 0.2) is 4.99 Å². The summed E-state index contributed by atoms with van der Waals surface area (Å²) in [6.07, 6.45) is 2.29. The number of nitrogens with two attached hydrogens (primary N) is 1. The van der Waals surface area contributed by atoms with Crippen molar-refractivity contribution in [2.24, 2.45) is 10.7 Å². The molecule has 0 amide bonds. The van der Waals surface area contributed by atoms with Crippen molar-refractivity contribution in [1.29, 1.82) is 0 Å². The molecule has 0 heterocycles. The van der Waals surface area contributed by atoms with E-state index in [1.807, 2.05) is 6.92 Å². The highest BCUT2D eigenvalue weighted by molar-refractivity contribution is 5.77. The summed E-state index contributed by atoms with van der Waals surface area (Å²) in [4.78, 5) is 4.07. The summed E-state index contributed by atoms with van der Waals surface area (Å²) in [6, 6.07) is 0. The Balaban J connectivity index is 3.18. The molecule has 0 saturated carbocycles. The fraction of sp³-hybridized carbons (Fsp3) is 0.889. The fourth-order valence-corrected chi connectivity index (χ4v) is 0.816. The molecule has 0 aromatic carbocycles. The lowest BCUT2D eigenvalue weighted by Crippen LogP contribution is -2.31. The first-order chi connectivity index (χ1) is 6.31. The summed E-state index contributed by atoms with van der Waals surface area (Å²) in [5.74, 6) is 0.501. The summed E-state index contributed by atoms with van der Waals surface area (Å²) < 4.78 is 5.31. The van der Waals surface area contributed by atoms with Crippen LogP contribution >= 0.6 is 0 Å². The number of hydrogen-bond acceptors (Lipinski definition) is 2. The molecule has 0 aliphatic carbocycles. The fourth-order valence-electron chi connectivity index (χ4n) is 0.816. The molecule has 4 nitrogen and oxygen atoms in total. The molecule has 0 radical (unpaired) electrons. The van der Waals surface area contributed by atoms with Gasteiger partial charge in [-0.15, -0.1) is 0 Å². The summed E-state index contributed by atoms with van der Waals surface area (Å²) in [7, 11) is 0. The van der Waals surface area contributed by atoms with Crippen molar-refractivity contribution in [2.45, 2.75) is 26.7 Å². The van der Waals surface area contributed by atoms with Gasteiger partial charge in [-0.05, 0) is 13.3 Å². The first-order valence-electron chi connectivity index (χ1n) is 4.92. The maximum atomic E-state index is 5.51. The topological polar surface area (TPSA) is 59.6 Å². The Kier molecular flexibility index (Phi) is 8.77. The number of nitrogens with zero attached hydrogens (tertiary/aromatic N) is 1. The maximum Gasteiger partial charge on any atom is 0.188 e. The molecule has 78 valence electrons. The molecule has 0 rings (SSSR count). The van der Waals surface area contributed by atoms with Gasteiger partial charge in [-0.2, -0.15) is 0 Å². The van der Waals surface area contributed by atoms with Crippen molar-refractivity contribution in [2.75, 3.05) is 26.3 Å². The number of rotatable bonds is 7. The molecule has 0 unspecified atom stereocenters. The molecule has 0 atom stereocenters. The van der Waals surface area contributed by atoms with Gasteiger partial charge in [0, 0.05) is 13.2 Å². The molecular formula is C9H21N3O. The molecule has 13 heavy (non-hydrogen) atoms. The molecule has 4 heteroatoms. The number of ether oxygens (including phenoxy) is 1. The SMILES string of the molecule is CCCCOCCN=C(N)NCC. The Morgan fingerprint density at radius 3 is 2.77 bits per heavy atom. The zero-order chi connectivity index (χ0) is 9.94. The van der Waals surface area contributed by atoms with E-state index in [2.05, 4.69) is 17.2 Å². The molecule has 0 aliphatic rings. The van der Waals surface area contributed by atoms with Gasteiger partial charge in [-0.3, -0.25) is 4.99 Å². The number of unbranched alkanes of at least 4 members (excludes halogenated alkanes) is 1. The van der Waals surface area contributed by atoms with E-state index < -0.39 is 0 Å². The van der Waals surface area contributed by atoms with Crippen LogP contribution in [0.5, 0.6) is 0 Å². The molecule has 0 aromatic rings. The van der Waals surface area contributed by atoms with Crippen molar-refractivity contribution in [1.82, 2.24) is 5.32 Å². The lowest BCUT2D eigenvalue weighted by atomic mass is 10.4. The van der Waals surface area contributed by atoms with Gasteiger partial charge in [-0.25, -0.2) is 0 Å². The standard InChI is InChI=1S/C9H21N3O/c1-3-5-7-13-8-6-12-9(10)11-4-2/h3-8H2,1-2H3,(H3,10,11,12). The number of aliphatic imine (C=N–C) groups is 1. The Hall–Kier alpha value is -0.770. The molecule has 3 N–H and O–H groups in total. The first-order valence-corrected chi connectivity index (χ1v) is 4.92. The van der Waals surface area contributed by atoms with Crippen molar-refractivity contribution >= 4 is 5.96 Å². The zero-order valence-corrected chi connectivity index (χ0v) is 8.68. The van der Waals surface area contributed by atoms with Crippen molar-refractivity contribution in [3.63, 3.8) is 0 Å². The lowest BCUT2D eigenvalue weighted by molar-refractivity contribution is 0.139. The van der Waals surface area contributed by atoms with E-state index in [9.17, 15) is 0 Å². The normalized spacial score (nSPS) is 11.7. The van der Waals surface area contributed by atoms with Crippen LogP contribution in [-0.2, 0) is 4.74 Å². The van der Waals surface area contributed by atoms with Gasteiger partial charge in [-0.1, -0.05) is 13.3 Å². The predicted octanol–water partition coefficient (Wildman–Crippen LogP) is 0.727. The van der Waals surface area contributed by atoms with Crippen LogP contribution < -0.4 is 11.1 Å². The lowest BCUT2D eigenvalue weighted by Gasteiger charge is -2.02. The minimum Gasteiger partial charge on any atom is -0.380 e. The van der Waals surface area contributed by atoms with E-state index in [1.165, 1.54) is 6.42 Å². The maximum absolute atomic E-state index is 5.51. The van der Waals surface area contributed by atoms with E-state index in [-0.39, 0.29) is 0 Å². The number of nitrogens with one attached hydrogen (secondary N) is 1. The van der Waals surface area contributed by atoms with Crippen LogP contribution in [0, 0.1) is 0 Å². The van der Waals surface area contributed by atoms with Gasteiger partial charge in [0.2, 0.25) is 0 Å². The van der Waals surface area contributed by atoms with Crippen molar-refractivity contribution in [3.8, 4) is 0 Å². The number of guanidine groups is 1. The van der Waals surface area contributed by atoms with Crippen LogP contribution in [0.4, 0.5) is 0 Å². The Labute approximate surface area is 80.6 Å². The first kappa shape index (κ1) is 12.2. The quantitative estimate of drug-likeness (QED) is 0.351. The van der Waals surface area contributed by atoms with Gasteiger partial charge >= 0.3 is 0 Å². The molecular weight excluding hydrogens is 166 g/mol. The summed E-state index contributed by atoms with van der Waals surface area (Å²) in [5, 5.41) is 2.92. The molecule has 0 saturated heterocycles. The molecule has 0 aromatic heterocycles. The summed E-state index contributed by atoms with van der Waals surface area (Å²) in [5.41, 5.74) is 5.51. The largest absolute Gasteiger partial charge is 0.380 e. The van der Waals surface area contributed by atoms with E-state index in [0.717, 1.165) is 19.6 Å². The summed E-state index contributed by atoms with van der Waals surface area (Å²) >= 11 is 0. The third-order valence-corrected chi connectivity index (χ3v) is 1.52. The van der Waals surface area contributed by atoms with Crippen LogP contribution in [0.25, 0.3) is 0 Å². The highest BCUT2D eigenvalue weighted by Gasteiger charge is 1.88. The van der Waals surface area contributed by atoms with Gasteiger partial charge in [0.1, 0.15) is 0 Å². The van der Waals surface area contributed by atoms with Crippen LogP contribution in [-0.4, -0.2) is 32.3 Å².